The van der Waals surface area contributed by atoms with E-state index in [0.717, 1.165) is 20.6 Å². The summed E-state index contributed by atoms with van der Waals surface area (Å²) < 4.78 is 13.9. The molecule has 1 unspecified atom stereocenters. The molecule has 6 rings (SSSR count). The molecule has 0 aliphatic carbocycles. The van der Waals surface area contributed by atoms with E-state index >= 15 is 0 Å². The second-order valence-electron chi connectivity index (χ2n) is 11.9. The number of methoxy groups -OCH3 is 2. The molecule has 0 radical (unpaired) electrons. The predicted molar refractivity (Wildman–Crippen MR) is 174 cm³/mol. The van der Waals surface area contributed by atoms with Crippen LogP contribution in [0.15, 0.2) is 52.1 Å². The van der Waals surface area contributed by atoms with Crippen molar-refractivity contribution in [2.45, 2.75) is 25.9 Å². The van der Waals surface area contributed by atoms with Gasteiger partial charge in [-0.2, -0.15) is 4.98 Å². The maximum Gasteiger partial charge on any atom is 0.337 e. The van der Waals surface area contributed by atoms with Crippen LogP contribution in [-0.4, -0.2) is 93.8 Å². The van der Waals surface area contributed by atoms with E-state index in [1.54, 1.807) is 7.05 Å². The van der Waals surface area contributed by atoms with E-state index < -0.39 is 41.0 Å². The van der Waals surface area contributed by atoms with Crippen LogP contribution >= 0.6 is 0 Å². The number of piperazine rings is 1. The van der Waals surface area contributed by atoms with Gasteiger partial charge >= 0.3 is 17.6 Å². The molecule has 0 N–H and O–H groups in total. The number of anilines is 2. The fraction of sp³-hybridized carbons (Fsp3) is 0.364. The Hall–Kier alpha value is -5.57. The van der Waals surface area contributed by atoms with E-state index in [1.165, 1.54) is 44.0 Å². The number of imide groups is 1. The standard InChI is InChI=1S/C33H35N7O8/c1-19-6-8-20(9-7-19)18-39-26-27(35(2)33(46)36(3)29(26)43)34-32(39)38-12-10-37(11-13-38)24-17-25(41)40(28(24)42)23-15-21(30(44)47-4)14-22(16-23)31(45)48-5/h6-9,14-16,24H,10-13,17-18H2,1-5H3. The summed E-state index contributed by atoms with van der Waals surface area (Å²) in [5, 5.41) is 0. The molecule has 2 aromatic carbocycles. The zero-order valence-electron chi connectivity index (χ0n) is 27.3. The van der Waals surface area contributed by atoms with Crippen molar-refractivity contribution < 1.29 is 28.7 Å². The van der Waals surface area contributed by atoms with Crippen molar-refractivity contribution in [2.24, 2.45) is 14.1 Å². The highest BCUT2D eigenvalue weighted by atomic mass is 16.5. The van der Waals surface area contributed by atoms with Gasteiger partial charge in [-0.1, -0.05) is 29.8 Å². The number of aromatic nitrogens is 4. The van der Waals surface area contributed by atoms with Crippen molar-refractivity contribution in [3.63, 3.8) is 0 Å². The fourth-order valence-corrected chi connectivity index (χ4v) is 6.32. The average molecular weight is 658 g/mol. The first-order chi connectivity index (χ1) is 22.9. The molecule has 2 amide bonds. The molecule has 15 nitrogen and oxygen atoms in total. The van der Waals surface area contributed by atoms with Crippen LogP contribution in [-0.2, 0) is 39.7 Å². The van der Waals surface area contributed by atoms with Crippen LogP contribution in [0.3, 0.4) is 0 Å². The Kier molecular flexibility index (Phi) is 8.47. The summed E-state index contributed by atoms with van der Waals surface area (Å²) in [6, 6.07) is 11.1. The van der Waals surface area contributed by atoms with Gasteiger partial charge in [0.15, 0.2) is 11.2 Å². The summed E-state index contributed by atoms with van der Waals surface area (Å²) in [4.78, 5) is 87.5. The van der Waals surface area contributed by atoms with Gasteiger partial charge in [0.2, 0.25) is 11.9 Å². The number of esters is 2. The number of carbonyl (C=O) groups excluding carboxylic acids is 4. The van der Waals surface area contributed by atoms with Crippen LogP contribution in [0.1, 0.15) is 38.3 Å². The Balaban J connectivity index is 1.27. The van der Waals surface area contributed by atoms with Crippen LogP contribution in [0.2, 0.25) is 0 Å². The molecule has 0 spiro atoms. The van der Waals surface area contributed by atoms with Gasteiger partial charge in [-0.15, -0.1) is 0 Å². The van der Waals surface area contributed by atoms with Crippen LogP contribution in [0.25, 0.3) is 11.2 Å². The van der Waals surface area contributed by atoms with Crippen molar-refractivity contribution in [3.05, 3.63) is 85.6 Å². The summed E-state index contributed by atoms with van der Waals surface area (Å²) in [5.74, 6) is -1.90. The van der Waals surface area contributed by atoms with Crippen molar-refractivity contribution in [2.75, 3.05) is 50.2 Å². The molecule has 250 valence electrons. The van der Waals surface area contributed by atoms with Crippen molar-refractivity contribution in [1.29, 1.82) is 0 Å². The highest BCUT2D eigenvalue weighted by Crippen LogP contribution is 2.30. The van der Waals surface area contributed by atoms with Crippen molar-refractivity contribution >= 4 is 46.6 Å². The predicted octanol–water partition coefficient (Wildman–Crippen LogP) is 0.818. The van der Waals surface area contributed by atoms with Gasteiger partial charge in [0.05, 0.1) is 50.0 Å². The van der Waals surface area contributed by atoms with Gasteiger partial charge < -0.3 is 14.4 Å². The maximum absolute atomic E-state index is 13.7. The van der Waals surface area contributed by atoms with Gasteiger partial charge in [0.1, 0.15) is 0 Å². The van der Waals surface area contributed by atoms with Gasteiger partial charge in [-0.25, -0.2) is 19.3 Å². The molecule has 15 heteroatoms. The minimum atomic E-state index is -0.762. The molecule has 4 heterocycles. The summed E-state index contributed by atoms with van der Waals surface area (Å²) in [7, 11) is 5.40. The summed E-state index contributed by atoms with van der Waals surface area (Å²) in [5.41, 5.74) is 1.79. The molecular weight excluding hydrogens is 622 g/mol. The molecule has 2 aliphatic rings. The lowest BCUT2D eigenvalue weighted by atomic mass is 10.1. The lowest BCUT2D eigenvalue weighted by Gasteiger charge is -2.37. The number of aryl methyl sites for hydroxylation is 2. The number of ether oxygens (including phenoxy) is 2. The first-order valence-electron chi connectivity index (χ1n) is 15.3. The number of hydrogen-bond donors (Lipinski definition) is 0. The van der Waals surface area contributed by atoms with E-state index in [0.29, 0.717) is 44.2 Å². The average Bonchev–Trinajstić information content (AvgIpc) is 3.62. The summed E-state index contributed by atoms with van der Waals surface area (Å²) in [6.45, 7) is 3.99. The van der Waals surface area contributed by atoms with Gasteiger partial charge in [-0.05, 0) is 30.7 Å². The highest BCUT2D eigenvalue weighted by Gasteiger charge is 2.44. The van der Waals surface area contributed by atoms with E-state index in [2.05, 4.69) is 0 Å². The van der Waals surface area contributed by atoms with E-state index in [-0.39, 0.29) is 28.9 Å². The third-order valence-corrected chi connectivity index (χ3v) is 8.97. The highest BCUT2D eigenvalue weighted by molar-refractivity contribution is 6.23. The Morgan fingerprint density at radius 1 is 0.854 bits per heavy atom. The summed E-state index contributed by atoms with van der Waals surface area (Å²) >= 11 is 0. The molecule has 48 heavy (non-hydrogen) atoms. The molecule has 0 saturated carbocycles. The second-order valence-corrected chi connectivity index (χ2v) is 11.9. The number of nitrogens with zero attached hydrogens (tertiary/aromatic N) is 7. The van der Waals surface area contributed by atoms with Crippen LogP contribution < -0.4 is 21.0 Å². The number of amides is 2. The third-order valence-electron chi connectivity index (χ3n) is 8.97. The monoisotopic (exact) mass is 657 g/mol. The third kappa shape index (κ3) is 5.55. The zero-order chi connectivity index (χ0) is 34.4. The van der Waals surface area contributed by atoms with Crippen LogP contribution in [0.4, 0.5) is 11.6 Å². The SMILES string of the molecule is COC(=O)c1cc(C(=O)OC)cc(N2C(=O)CC(N3CCN(c4nc5c(c(=O)n(C)c(=O)n5C)n4Cc4ccc(C)cc4)CC3)C2=O)c1. The van der Waals surface area contributed by atoms with Gasteiger partial charge in [-0.3, -0.25) is 33.0 Å². The molecule has 4 aromatic rings. The number of benzene rings is 2. The van der Waals surface area contributed by atoms with E-state index in [1.807, 2.05) is 45.6 Å². The van der Waals surface area contributed by atoms with Crippen LogP contribution in [0, 0.1) is 6.92 Å². The quantitative estimate of drug-likeness (QED) is 0.205. The van der Waals surface area contributed by atoms with Crippen molar-refractivity contribution in [1.82, 2.24) is 23.6 Å². The van der Waals surface area contributed by atoms with E-state index in [4.69, 9.17) is 14.5 Å². The molecular formula is C33H35N7O8. The van der Waals surface area contributed by atoms with E-state index in [9.17, 15) is 28.8 Å². The Morgan fingerprint density at radius 3 is 2.04 bits per heavy atom. The fourth-order valence-electron chi connectivity index (χ4n) is 6.32. The van der Waals surface area contributed by atoms with Gasteiger partial charge in [0, 0.05) is 40.3 Å². The minimum Gasteiger partial charge on any atom is -0.465 e. The topological polar surface area (TPSA) is 158 Å². The lowest BCUT2D eigenvalue weighted by Crippen LogP contribution is -2.53. The Morgan fingerprint density at radius 2 is 1.46 bits per heavy atom. The first-order valence-corrected chi connectivity index (χ1v) is 15.3. The molecule has 2 aliphatic heterocycles. The van der Waals surface area contributed by atoms with Gasteiger partial charge in [0.25, 0.3) is 11.5 Å². The molecule has 0 bridgehead atoms. The number of fused-ring (bicyclic) bond motifs is 1. The smallest absolute Gasteiger partial charge is 0.337 e. The normalized spacial score (nSPS) is 17.0. The van der Waals surface area contributed by atoms with Crippen LogP contribution in [0.5, 0.6) is 0 Å². The molecule has 1 atom stereocenters. The Labute approximate surface area is 274 Å². The number of rotatable bonds is 7. The zero-order valence-corrected chi connectivity index (χ0v) is 27.3. The number of imidazole rings is 1. The minimum absolute atomic E-state index is 0.00563. The maximum atomic E-state index is 13.7. The number of carbonyl (C=O) groups is 4. The molecule has 2 aromatic heterocycles. The first kappa shape index (κ1) is 32.4. The lowest BCUT2D eigenvalue weighted by molar-refractivity contribution is -0.123. The summed E-state index contributed by atoms with van der Waals surface area (Å²) in [6.07, 6.45) is -0.0844. The second kappa shape index (κ2) is 12.6. The molecule has 2 saturated heterocycles. The number of hydrogen-bond acceptors (Lipinski definition) is 11. The van der Waals surface area contributed by atoms with Crippen molar-refractivity contribution in [3.8, 4) is 0 Å². The Bertz CT molecular complexity index is 2050. The largest absolute Gasteiger partial charge is 0.465 e. The molecule has 2 fully saturated rings.